The highest BCUT2D eigenvalue weighted by Gasteiger charge is 2.20. The van der Waals surface area contributed by atoms with Gasteiger partial charge in [0.1, 0.15) is 11.4 Å². The molecule has 0 atom stereocenters. The minimum atomic E-state index is 0.0270. The molecule has 0 bridgehead atoms. The number of methoxy groups -OCH3 is 1. The predicted octanol–water partition coefficient (Wildman–Crippen LogP) is 4.45. The van der Waals surface area contributed by atoms with Crippen molar-refractivity contribution in [2.75, 3.05) is 7.11 Å². The maximum atomic E-state index is 5.46. The number of nitrogens with zero attached hydrogens (tertiary/aromatic N) is 1. The van der Waals surface area contributed by atoms with Crippen LogP contribution in [0, 0.1) is 6.92 Å². The fourth-order valence-electron chi connectivity index (χ4n) is 2.05. The SMILES string of the molecule is COc1ccc(-c2n[nH]c(C)c2Br)cc1C(C)(C)C. The molecular weight excluding hydrogens is 304 g/mol. The molecule has 0 aliphatic carbocycles. The van der Waals surface area contributed by atoms with E-state index in [1.165, 1.54) is 5.56 Å². The summed E-state index contributed by atoms with van der Waals surface area (Å²) in [5, 5.41) is 7.35. The first-order valence-corrected chi connectivity index (χ1v) is 7.03. The van der Waals surface area contributed by atoms with E-state index in [2.05, 4.69) is 53.0 Å². The van der Waals surface area contributed by atoms with Gasteiger partial charge in [-0.1, -0.05) is 20.8 Å². The quantitative estimate of drug-likeness (QED) is 0.886. The van der Waals surface area contributed by atoms with Gasteiger partial charge in [-0.3, -0.25) is 5.10 Å². The molecule has 0 aliphatic rings. The second-order valence-electron chi connectivity index (χ2n) is 5.68. The highest BCUT2D eigenvalue weighted by Crippen LogP contribution is 2.36. The molecule has 19 heavy (non-hydrogen) atoms. The van der Waals surface area contributed by atoms with E-state index in [1.54, 1.807) is 7.11 Å². The van der Waals surface area contributed by atoms with Crippen LogP contribution in [0.4, 0.5) is 0 Å². The van der Waals surface area contributed by atoms with Crippen LogP contribution >= 0.6 is 15.9 Å². The van der Waals surface area contributed by atoms with Crippen molar-refractivity contribution in [2.45, 2.75) is 33.1 Å². The van der Waals surface area contributed by atoms with Crippen LogP contribution < -0.4 is 4.74 Å². The number of nitrogens with one attached hydrogen (secondary N) is 1. The van der Waals surface area contributed by atoms with Gasteiger partial charge in [0.25, 0.3) is 0 Å². The first-order chi connectivity index (χ1) is 8.84. The number of aromatic nitrogens is 2. The number of aryl methyl sites for hydroxylation is 1. The highest BCUT2D eigenvalue weighted by molar-refractivity contribution is 9.10. The van der Waals surface area contributed by atoms with E-state index in [0.717, 1.165) is 27.2 Å². The molecule has 0 amide bonds. The Balaban J connectivity index is 2.58. The van der Waals surface area contributed by atoms with Gasteiger partial charge in [-0.25, -0.2) is 0 Å². The Morgan fingerprint density at radius 3 is 2.42 bits per heavy atom. The van der Waals surface area contributed by atoms with Gasteiger partial charge in [0, 0.05) is 16.8 Å². The fraction of sp³-hybridized carbons (Fsp3) is 0.400. The summed E-state index contributed by atoms with van der Waals surface area (Å²) in [7, 11) is 1.71. The molecule has 4 heteroatoms. The number of aromatic amines is 1. The van der Waals surface area contributed by atoms with E-state index in [-0.39, 0.29) is 5.41 Å². The van der Waals surface area contributed by atoms with E-state index in [4.69, 9.17) is 4.74 Å². The standard InChI is InChI=1S/C15H19BrN2O/c1-9-13(16)14(18-17-9)10-6-7-12(19-5)11(8-10)15(2,3)4/h6-8H,1-5H3,(H,17,18). The topological polar surface area (TPSA) is 37.9 Å². The minimum absolute atomic E-state index is 0.0270. The first-order valence-electron chi connectivity index (χ1n) is 6.24. The number of hydrogen-bond donors (Lipinski definition) is 1. The normalized spacial score (nSPS) is 11.7. The zero-order valence-corrected chi connectivity index (χ0v) is 13.6. The van der Waals surface area contributed by atoms with Crippen LogP contribution in [-0.4, -0.2) is 17.3 Å². The maximum absolute atomic E-state index is 5.46. The number of H-pyrrole nitrogens is 1. The van der Waals surface area contributed by atoms with Crippen molar-refractivity contribution in [1.82, 2.24) is 10.2 Å². The summed E-state index contributed by atoms with van der Waals surface area (Å²) < 4.78 is 6.47. The summed E-state index contributed by atoms with van der Waals surface area (Å²) in [6.07, 6.45) is 0. The third kappa shape index (κ3) is 2.68. The van der Waals surface area contributed by atoms with Crippen LogP contribution in [0.25, 0.3) is 11.3 Å². The Labute approximate surface area is 122 Å². The summed E-state index contributed by atoms with van der Waals surface area (Å²) in [4.78, 5) is 0. The molecule has 0 fully saturated rings. The molecule has 3 nitrogen and oxygen atoms in total. The van der Waals surface area contributed by atoms with Crippen molar-refractivity contribution in [2.24, 2.45) is 0 Å². The molecule has 2 rings (SSSR count). The Morgan fingerprint density at radius 2 is 1.95 bits per heavy atom. The number of ether oxygens (including phenoxy) is 1. The van der Waals surface area contributed by atoms with Crippen LogP contribution in [0.2, 0.25) is 0 Å². The van der Waals surface area contributed by atoms with Crippen LogP contribution in [-0.2, 0) is 5.41 Å². The van der Waals surface area contributed by atoms with Crippen LogP contribution in [0.1, 0.15) is 32.0 Å². The number of rotatable bonds is 2. The predicted molar refractivity (Wildman–Crippen MR) is 81.7 cm³/mol. The maximum Gasteiger partial charge on any atom is 0.122 e. The summed E-state index contributed by atoms with van der Waals surface area (Å²) >= 11 is 3.57. The third-order valence-electron chi connectivity index (χ3n) is 3.15. The van der Waals surface area contributed by atoms with E-state index >= 15 is 0 Å². The average molecular weight is 323 g/mol. The molecule has 0 aliphatic heterocycles. The van der Waals surface area contributed by atoms with Crippen molar-refractivity contribution in [3.63, 3.8) is 0 Å². The first kappa shape index (κ1) is 14.1. The number of benzene rings is 1. The Kier molecular flexibility index (Phi) is 3.72. The largest absolute Gasteiger partial charge is 0.496 e. The van der Waals surface area contributed by atoms with Crippen molar-refractivity contribution < 1.29 is 4.74 Å². The van der Waals surface area contributed by atoms with Crippen molar-refractivity contribution in [3.8, 4) is 17.0 Å². The van der Waals surface area contributed by atoms with Crippen LogP contribution in [0.3, 0.4) is 0 Å². The van der Waals surface area contributed by atoms with Crippen molar-refractivity contribution in [1.29, 1.82) is 0 Å². The summed E-state index contributed by atoms with van der Waals surface area (Å²) in [6, 6.07) is 6.19. The highest BCUT2D eigenvalue weighted by atomic mass is 79.9. The lowest BCUT2D eigenvalue weighted by Crippen LogP contribution is -2.13. The van der Waals surface area contributed by atoms with E-state index in [1.807, 2.05) is 19.1 Å². The lowest BCUT2D eigenvalue weighted by molar-refractivity contribution is 0.397. The molecule has 1 N–H and O–H groups in total. The second kappa shape index (κ2) is 5.00. The van der Waals surface area contributed by atoms with E-state index in [0.29, 0.717) is 0 Å². The van der Waals surface area contributed by atoms with Gasteiger partial charge in [0.15, 0.2) is 0 Å². The third-order valence-corrected chi connectivity index (χ3v) is 4.12. The van der Waals surface area contributed by atoms with Crippen molar-refractivity contribution in [3.05, 3.63) is 33.9 Å². The van der Waals surface area contributed by atoms with Gasteiger partial charge >= 0.3 is 0 Å². The van der Waals surface area contributed by atoms with Gasteiger partial charge in [-0.05, 0) is 46.5 Å². The number of hydrogen-bond acceptors (Lipinski definition) is 2. The lowest BCUT2D eigenvalue weighted by Gasteiger charge is -2.22. The summed E-state index contributed by atoms with van der Waals surface area (Å²) in [5.41, 5.74) is 4.26. The molecule has 0 unspecified atom stereocenters. The molecule has 1 aromatic carbocycles. The van der Waals surface area contributed by atoms with E-state index in [9.17, 15) is 0 Å². The Hall–Kier alpha value is -1.29. The molecule has 0 radical (unpaired) electrons. The molecule has 1 aromatic heterocycles. The molecule has 2 aromatic rings. The van der Waals surface area contributed by atoms with Gasteiger partial charge in [-0.2, -0.15) is 5.10 Å². The molecular formula is C15H19BrN2O. The number of halogens is 1. The molecule has 0 spiro atoms. The molecule has 1 heterocycles. The summed E-state index contributed by atoms with van der Waals surface area (Å²) in [5.74, 6) is 0.916. The zero-order chi connectivity index (χ0) is 14.2. The zero-order valence-electron chi connectivity index (χ0n) is 12.0. The van der Waals surface area contributed by atoms with Gasteiger partial charge in [0.05, 0.1) is 11.6 Å². The van der Waals surface area contributed by atoms with Crippen molar-refractivity contribution >= 4 is 15.9 Å². The Bertz CT molecular complexity index is 597. The van der Waals surface area contributed by atoms with Gasteiger partial charge in [-0.15, -0.1) is 0 Å². The Morgan fingerprint density at radius 1 is 1.26 bits per heavy atom. The monoisotopic (exact) mass is 322 g/mol. The van der Waals surface area contributed by atoms with Crippen LogP contribution in [0.5, 0.6) is 5.75 Å². The van der Waals surface area contributed by atoms with Crippen LogP contribution in [0.15, 0.2) is 22.7 Å². The smallest absolute Gasteiger partial charge is 0.122 e. The summed E-state index contributed by atoms with van der Waals surface area (Å²) in [6.45, 7) is 8.53. The fourth-order valence-corrected chi connectivity index (χ4v) is 2.45. The lowest BCUT2D eigenvalue weighted by atomic mass is 9.85. The van der Waals surface area contributed by atoms with E-state index < -0.39 is 0 Å². The second-order valence-corrected chi connectivity index (χ2v) is 6.47. The molecule has 102 valence electrons. The molecule has 0 saturated carbocycles. The minimum Gasteiger partial charge on any atom is -0.496 e. The molecule has 0 saturated heterocycles. The van der Waals surface area contributed by atoms with Gasteiger partial charge < -0.3 is 4.74 Å². The average Bonchev–Trinajstić information content (AvgIpc) is 2.68. The van der Waals surface area contributed by atoms with Gasteiger partial charge in [0.2, 0.25) is 0 Å².